The Labute approximate surface area is 132 Å². The molecule has 2 aliphatic rings. The molecule has 3 N–H and O–H groups in total. The number of rotatable bonds is 2. The first-order chi connectivity index (χ1) is 11.2. The first-order valence-corrected chi connectivity index (χ1v) is 7.92. The van der Waals surface area contributed by atoms with Gasteiger partial charge in [-0.1, -0.05) is 0 Å². The maximum absolute atomic E-state index is 12.5. The minimum absolute atomic E-state index is 0.220. The standard InChI is InChI=1S/C15H18N6O2/c22-14-11(6-8-21-12(18-14)5-7-16-21)17-15(23)13-9-3-1-2-4-10(9)19-20-13/h5,7,11H,1-4,6,8H2,(H,17,23)(H,18,22)(H,19,20)/t11-/m0/s1. The Bertz CT molecular complexity index is 762. The van der Waals surface area contributed by atoms with Gasteiger partial charge in [-0.3, -0.25) is 14.7 Å². The molecule has 0 saturated heterocycles. The Morgan fingerprint density at radius 3 is 3.13 bits per heavy atom. The molecule has 0 spiro atoms. The quantitative estimate of drug-likeness (QED) is 0.756. The lowest BCUT2D eigenvalue weighted by molar-refractivity contribution is -0.118. The SMILES string of the molecule is O=C(N[C@H]1CCn2nccc2NC1=O)c1n[nH]c2c1CCCC2. The zero-order chi connectivity index (χ0) is 15.8. The van der Waals surface area contributed by atoms with Crippen molar-refractivity contribution < 1.29 is 9.59 Å². The number of anilines is 1. The van der Waals surface area contributed by atoms with Gasteiger partial charge < -0.3 is 10.6 Å². The van der Waals surface area contributed by atoms with Crippen molar-refractivity contribution in [1.82, 2.24) is 25.3 Å². The number of nitrogens with zero attached hydrogens (tertiary/aromatic N) is 3. The molecule has 23 heavy (non-hydrogen) atoms. The second kappa shape index (κ2) is 5.53. The fourth-order valence-corrected chi connectivity index (χ4v) is 3.25. The highest BCUT2D eigenvalue weighted by molar-refractivity contribution is 6.01. The fourth-order valence-electron chi connectivity index (χ4n) is 3.25. The number of aromatic nitrogens is 4. The molecule has 0 unspecified atom stereocenters. The number of nitrogens with one attached hydrogen (secondary N) is 3. The van der Waals surface area contributed by atoms with Gasteiger partial charge in [0.05, 0.1) is 6.20 Å². The molecular formula is C15H18N6O2. The van der Waals surface area contributed by atoms with Crippen molar-refractivity contribution in [3.8, 4) is 0 Å². The van der Waals surface area contributed by atoms with Gasteiger partial charge in [0.15, 0.2) is 5.69 Å². The Morgan fingerprint density at radius 1 is 1.35 bits per heavy atom. The van der Waals surface area contributed by atoms with E-state index in [0.29, 0.717) is 24.5 Å². The summed E-state index contributed by atoms with van der Waals surface area (Å²) in [6.07, 6.45) is 6.12. The number of aryl methyl sites for hydroxylation is 2. The number of fused-ring (bicyclic) bond motifs is 2. The number of hydrogen-bond donors (Lipinski definition) is 3. The summed E-state index contributed by atoms with van der Waals surface area (Å²) in [4.78, 5) is 24.8. The lowest BCUT2D eigenvalue weighted by Crippen LogP contribution is -2.43. The Hall–Kier alpha value is -2.64. The molecule has 3 heterocycles. The van der Waals surface area contributed by atoms with E-state index >= 15 is 0 Å². The lowest BCUT2D eigenvalue weighted by atomic mass is 9.95. The number of amides is 2. The molecule has 1 aliphatic carbocycles. The average molecular weight is 314 g/mol. The van der Waals surface area contributed by atoms with E-state index in [-0.39, 0.29) is 11.8 Å². The molecule has 8 nitrogen and oxygen atoms in total. The summed E-state index contributed by atoms with van der Waals surface area (Å²) in [5, 5.41) is 16.8. The molecule has 120 valence electrons. The monoisotopic (exact) mass is 314 g/mol. The van der Waals surface area contributed by atoms with Gasteiger partial charge in [-0.2, -0.15) is 10.2 Å². The van der Waals surface area contributed by atoms with Gasteiger partial charge in [0, 0.05) is 23.9 Å². The molecule has 2 aromatic rings. The summed E-state index contributed by atoms with van der Waals surface area (Å²) < 4.78 is 1.72. The van der Waals surface area contributed by atoms with Gasteiger partial charge in [-0.15, -0.1) is 0 Å². The molecule has 4 rings (SSSR count). The maximum atomic E-state index is 12.5. The Morgan fingerprint density at radius 2 is 2.22 bits per heavy atom. The molecule has 2 aromatic heterocycles. The van der Waals surface area contributed by atoms with Gasteiger partial charge in [-0.05, 0) is 32.1 Å². The second-order valence-corrected chi connectivity index (χ2v) is 5.98. The number of H-pyrrole nitrogens is 1. The third-order valence-corrected chi connectivity index (χ3v) is 4.49. The smallest absolute Gasteiger partial charge is 0.272 e. The van der Waals surface area contributed by atoms with Gasteiger partial charge >= 0.3 is 0 Å². The van der Waals surface area contributed by atoms with Gasteiger partial charge in [0.1, 0.15) is 11.9 Å². The molecule has 0 fully saturated rings. The van der Waals surface area contributed by atoms with Crippen molar-refractivity contribution in [3.63, 3.8) is 0 Å². The predicted octanol–water partition coefficient (Wildman–Crippen LogP) is 0.626. The summed E-state index contributed by atoms with van der Waals surface area (Å²) in [6.45, 7) is 0.574. The van der Waals surface area contributed by atoms with E-state index in [4.69, 9.17) is 0 Å². The molecule has 0 bridgehead atoms. The lowest BCUT2D eigenvalue weighted by Gasteiger charge is -2.15. The fraction of sp³-hybridized carbons (Fsp3) is 0.467. The van der Waals surface area contributed by atoms with E-state index in [1.165, 1.54) is 0 Å². The molecule has 1 aliphatic heterocycles. The van der Waals surface area contributed by atoms with E-state index in [0.717, 1.165) is 36.9 Å². The van der Waals surface area contributed by atoms with Crippen LogP contribution in [0.25, 0.3) is 0 Å². The molecule has 2 amide bonds. The molecule has 0 saturated carbocycles. The summed E-state index contributed by atoms with van der Waals surface area (Å²) in [5.74, 6) is 0.148. The largest absolute Gasteiger partial charge is 0.339 e. The zero-order valence-electron chi connectivity index (χ0n) is 12.6. The number of carbonyl (C=O) groups excluding carboxylic acids is 2. The van der Waals surface area contributed by atoms with Crippen LogP contribution < -0.4 is 10.6 Å². The van der Waals surface area contributed by atoms with Gasteiger partial charge in [0.25, 0.3) is 5.91 Å². The van der Waals surface area contributed by atoms with Crippen LogP contribution >= 0.6 is 0 Å². The normalized spacial score (nSPS) is 20.2. The first-order valence-electron chi connectivity index (χ1n) is 7.92. The zero-order valence-corrected chi connectivity index (χ0v) is 12.6. The predicted molar refractivity (Wildman–Crippen MR) is 82.0 cm³/mol. The molecule has 8 heteroatoms. The second-order valence-electron chi connectivity index (χ2n) is 5.98. The summed E-state index contributed by atoms with van der Waals surface area (Å²) in [7, 11) is 0. The molecular weight excluding hydrogens is 296 g/mol. The highest BCUT2D eigenvalue weighted by Gasteiger charge is 2.28. The van der Waals surface area contributed by atoms with Crippen LogP contribution in [0, 0.1) is 0 Å². The van der Waals surface area contributed by atoms with Crippen molar-refractivity contribution in [2.75, 3.05) is 5.32 Å². The van der Waals surface area contributed by atoms with Crippen LogP contribution in [0.2, 0.25) is 0 Å². The van der Waals surface area contributed by atoms with Gasteiger partial charge in [-0.25, -0.2) is 4.68 Å². The highest BCUT2D eigenvalue weighted by atomic mass is 16.2. The Balaban J connectivity index is 1.49. The van der Waals surface area contributed by atoms with E-state index < -0.39 is 6.04 Å². The summed E-state index contributed by atoms with van der Waals surface area (Å²) >= 11 is 0. The number of hydrogen-bond acceptors (Lipinski definition) is 4. The van der Waals surface area contributed by atoms with E-state index in [2.05, 4.69) is 25.9 Å². The molecule has 0 aromatic carbocycles. The minimum Gasteiger partial charge on any atom is -0.339 e. The van der Waals surface area contributed by atoms with Gasteiger partial charge in [0.2, 0.25) is 5.91 Å². The van der Waals surface area contributed by atoms with Crippen LogP contribution in [0.1, 0.15) is 41.0 Å². The maximum Gasteiger partial charge on any atom is 0.272 e. The van der Waals surface area contributed by atoms with Crippen molar-refractivity contribution >= 4 is 17.6 Å². The van der Waals surface area contributed by atoms with E-state index in [1.54, 1.807) is 16.9 Å². The summed E-state index contributed by atoms with van der Waals surface area (Å²) in [6, 6.07) is 1.16. The first kappa shape index (κ1) is 14.0. The van der Waals surface area contributed by atoms with Crippen molar-refractivity contribution in [2.24, 2.45) is 0 Å². The topological polar surface area (TPSA) is 105 Å². The van der Waals surface area contributed by atoms with E-state index in [1.807, 2.05) is 0 Å². The van der Waals surface area contributed by atoms with Crippen LogP contribution in [0.4, 0.5) is 5.82 Å². The van der Waals surface area contributed by atoms with Crippen LogP contribution in [0.5, 0.6) is 0 Å². The average Bonchev–Trinajstić information content (AvgIpc) is 3.14. The van der Waals surface area contributed by atoms with Crippen LogP contribution in [-0.2, 0) is 24.2 Å². The highest BCUT2D eigenvalue weighted by Crippen LogP contribution is 2.22. The molecule has 1 atom stereocenters. The van der Waals surface area contributed by atoms with E-state index in [9.17, 15) is 9.59 Å². The third-order valence-electron chi connectivity index (χ3n) is 4.49. The minimum atomic E-state index is -0.583. The number of aromatic amines is 1. The summed E-state index contributed by atoms with van der Waals surface area (Å²) in [5.41, 5.74) is 2.47. The number of carbonyl (C=O) groups is 2. The van der Waals surface area contributed by atoms with Crippen LogP contribution in [0.3, 0.4) is 0 Å². The third kappa shape index (κ3) is 2.49. The van der Waals surface area contributed by atoms with Crippen molar-refractivity contribution in [3.05, 3.63) is 29.2 Å². The van der Waals surface area contributed by atoms with Crippen LogP contribution in [0.15, 0.2) is 12.3 Å². The van der Waals surface area contributed by atoms with Crippen molar-refractivity contribution in [2.45, 2.75) is 44.7 Å². The van der Waals surface area contributed by atoms with Crippen LogP contribution in [-0.4, -0.2) is 37.8 Å². The van der Waals surface area contributed by atoms with Crippen molar-refractivity contribution in [1.29, 1.82) is 0 Å². The molecule has 0 radical (unpaired) electrons. The Kier molecular flexibility index (Phi) is 3.36.